The first kappa shape index (κ1) is 22.5. The molecule has 2 N–H and O–H groups in total. The fraction of sp³-hybridized carbons (Fsp3) is 0.208. The van der Waals surface area contributed by atoms with Gasteiger partial charge in [-0.3, -0.25) is 9.36 Å². The van der Waals surface area contributed by atoms with Crippen molar-refractivity contribution in [3.05, 3.63) is 86.3 Å². The van der Waals surface area contributed by atoms with Gasteiger partial charge >= 0.3 is 5.69 Å². The quantitative estimate of drug-likeness (QED) is 0.435. The van der Waals surface area contributed by atoms with Crippen LogP contribution in [0.5, 0.6) is 11.6 Å². The number of pyridine rings is 1. The lowest BCUT2D eigenvalue weighted by molar-refractivity contribution is 0.0736. The number of carbonyl (C=O) groups is 1. The van der Waals surface area contributed by atoms with E-state index in [0.717, 1.165) is 18.7 Å². The van der Waals surface area contributed by atoms with Crippen LogP contribution in [0.25, 0.3) is 11.2 Å². The number of hydrogen-bond acceptors (Lipinski definition) is 5. The lowest BCUT2D eigenvalue weighted by Crippen LogP contribution is -2.46. The molecule has 0 radical (unpaired) electrons. The molecule has 5 rings (SSSR count). The van der Waals surface area contributed by atoms with Crippen molar-refractivity contribution < 1.29 is 9.53 Å². The third-order valence-electron chi connectivity index (χ3n) is 5.64. The number of piperazine rings is 1. The molecular formula is C24H21Cl2N5O3. The van der Waals surface area contributed by atoms with Crippen molar-refractivity contribution >= 4 is 40.3 Å². The molecule has 0 saturated carbocycles. The van der Waals surface area contributed by atoms with E-state index in [1.807, 2.05) is 11.0 Å². The minimum Gasteiger partial charge on any atom is -0.439 e. The number of hydrogen-bond donors (Lipinski definition) is 2. The van der Waals surface area contributed by atoms with Gasteiger partial charge in [0.1, 0.15) is 5.75 Å². The molecule has 1 saturated heterocycles. The van der Waals surface area contributed by atoms with Crippen LogP contribution in [0.1, 0.15) is 15.9 Å². The molecule has 2 aromatic heterocycles. The third kappa shape index (κ3) is 4.65. The number of imidazole rings is 1. The monoisotopic (exact) mass is 497 g/mol. The zero-order valence-corrected chi connectivity index (χ0v) is 19.6. The highest BCUT2D eigenvalue weighted by atomic mass is 35.5. The van der Waals surface area contributed by atoms with Crippen LogP contribution < -0.4 is 15.7 Å². The number of aromatic nitrogens is 3. The molecule has 174 valence electrons. The summed E-state index contributed by atoms with van der Waals surface area (Å²) in [5.41, 5.74) is 2.18. The van der Waals surface area contributed by atoms with Gasteiger partial charge < -0.3 is 19.9 Å². The first-order valence-electron chi connectivity index (χ1n) is 10.8. The Morgan fingerprint density at radius 1 is 1.00 bits per heavy atom. The van der Waals surface area contributed by atoms with Crippen LogP contribution in [0.3, 0.4) is 0 Å². The van der Waals surface area contributed by atoms with Crippen molar-refractivity contribution in [2.24, 2.45) is 0 Å². The zero-order chi connectivity index (χ0) is 23.7. The summed E-state index contributed by atoms with van der Waals surface area (Å²) in [5, 5.41) is 4.11. The number of nitrogens with zero attached hydrogens (tertiary/aromatic N) is 3. The van der Waals surface area contributed by atoms with Crippen LogP contribution in [-0.4, -0.2) is 51.5 Å². The SMILES string of the molecule is O=C(c1ccc(Oc2ccc3[nH]c(=O)n(Cc4ccc(Cl)c(Cl)c4)c3n2)cc1)N1CCNCC1. The second-order valence-electron chi connectivity index (χ2n) is 7.95. The number of benzene rings is 2. The van der Waals surface area contributed by atoms with Crippen molar-refractivity contribution in [1.29, 1.82) is 0 Å². The number of H-pyrrole nitrogens is 1. The van der Waals surface area contributed by atoms with Crippen LogP contribution in [0.2, 0.25) is 10.0 Å². The lowest BCUT2D eigenvalue weighted by Gasteiger charge is -2.27. The molecule has 1 amide bonds. The summed E-state index contributed by atoms with van der Waals surface area (Å²) in [4.78, 5) is 34.3. The van der Waals surface area contributed by atoms with Crippen LogP contribution >= 0.6 is 23.2 Å². The van der Waals surface area contributed by atoms with Gasteiger partial charge in [-0.05, 0) is 48.0 Å². The van der Waals surface area contributed by atoms with Gasteiger partial charge in [0.15, 0.2) is 5.65 Å². The number of fused-ring (bicyclic) bond motifs is 1. The molecule has 0 aliphatic carbocycles. The van der Waals surface area contributed by atoms with Gasteiger partial charge in [-0.2, -0.15) is 4.98 Å². The highest BCUT2D eigenvalue weighted by Gasteiger charge is 2.18. The molecular weight excluding hydrogens is 477 g/mol. The molecule has 0 atom stereocenters. The van der Waals surface area contributed by atoms with Crippen molar-refractivity contribution in [2.75, 3.05) is 26.2 Å². The summed E-state index contributed by atoms with van der Waals surface area (Å²) in [6.07, 6.45) is 0. The molecule has 3 heterocycles. The molecule has 2 aromatic carbocycles. The number of amides is 1. The standard InChI is InChI=1S/C24H21Cl2N5O3/c25-18-6-1-15(13-19(18)26)14-31-22-20(28-24(31)33)7-8-21(29-22)34-17-4-2-16(3-5-17)23(32)30-11-9-27-10-12-30/h1-8,13,27H,9-12,14H2,(H,28,33). The average molecular weight is 498 g/mol. The first-order chi connectivity index (χ1) is 16.5. The van der Waals surface area contributed by atoms with E-state index in [9.17, 15) is 9.59 Å². The topological polar surface area (TPSA) is 92.2 Å². The van der Waals surface area contributed by atoms with Gasteiger partial charge in [0.25, 0.3) is 5.91 Å². The van der Waals surface area contributed by atoms with Gasteiger partial charge in [0.2, 0.25) is 5.88 Å². The summed E-state index contributed by atoms with van der Waals surface area (Å²) in [5.74, 6) is 0.874. The van der Waals surface area contributed by atoms with Crippen LogP contribution in [0.15, 0.2) is 59.4 Å². The molecule has 10 heteroatoms. The maximum absolute atomic E-state index is 12.6. The van der Waals surface area contributed by atoms with E-state index in [1.165, 1.54) is 4.57 Å². The molecule has 0 spiro atoms. The maximum Gasteiger partial charge on any atom is 0.327 e. The van der Waals surface area contributed by atoms with Gasteiger partial charge in [-0.25, -0.2) is 4.79 Å². The minimum absolute atomic E-state index is 0.00578. The fourth-order valence-corrected chi connectivity index (χ4v) is 4.19. The molecule has 0 bridgehead atoms. The van der Waals surface area contributed by atoms with Crippen molar-refractivity contribution in [2.45, 2.75) is 6.54 Å². The highest BCUT2D eigenvalue weighted by molar-refractivity contribution is 6.42. The number of halogens is 2. The Bertz CT molecular complexity index is 1410. The summed E-state index contributed by atoms with van der Waals surface area (Å²) >= 11 is 12.1. The predicted molar refractivity (Wildman–Crippen MR) is 131 cm³/mol. The van der Waals surface area contributed by atoms with Crippen LogP contribution in [-0.2, 0) is 6.54 Å². The van der Waals surface area contributed by atoms with E-state index >= 15 is 0 Å². The van der Waals surface area contributed by atoms with E-state index in [-0.39, 0.29) is 18.1 Å². The Morgan fingerprint density at radius 2 is 1.76 bits per heavy atom. The normalized spacial score (nSPS) is 13.9. The summed E-state index contributed by atoms with van der Waals surface area (Å²) in [6, 6.07) is 15.6. The molecule has 0 unspecified atom stereocenters. The maximum atomic E-state index is 12.6. The molecule has 1 fully saturated rings. The Hall–Kier alpha value is -3.33. The first-order valence-corrected chi connectivity index (χ1v) is 11.5. The Balaban J connectivity index is 1.36. The van der Waals surface area contributed by atoms with Gasteiger partial charge in [0.05, 0.1) is 22.1 Å². The average Bonchev–Trinajstić information content (AvgIpc) is 3.16. The van der Waals surface area contributed by atoms with E-state index in [2.05, 4.69) is 15.3 Å². The van der Waals surface area contributed by atoms with Crippen LogP contribution in [0.4, 0.5) is 0 Å². The van der Waals surface area contributed by atoms with E-state index in [1.54, 1.807) is 48.5 Å². The Morgan fingerprint density at radius 3 is 2.50 bits per heavy atom. The summed E-state index contributed by atoms with van der Waals surface area (Å²) < 4.78 is 7.41. The number of aromatic amines is 1. The van der Waals surface area contributed by atoms with Crippen LogP contribution in [0, 0.1) is 0 Å². The second kappa shape index (κ2) is 9.50. The molecule has 8 nitrogen and oxygen atoms in total. The van der Waals surface area contributed by atoms with E-state index in [4.69, 9.17) is 27.9 Å². The highest BCUT2D eigenvalue weighted by Crippen LogP contribution is 2.25. The number of nitrogens with one attached hydrogen (secondary N) is 2. The summed E-state index contributed by atoms with van der Waals surface area (Å²) in [6.45, 7) is 3.27. The number of carbonyl (C=O) groups excluding carboxylic acids is 1. The lowest BCUT2D eigenvalue weighted by atomic mass is 10.2. The van der Waals surface area contributed by atoms with Gasteiger partial charge in [0, 0.05) is 37.8 Å². The summed E-state index contributed by atoms with van der Waals surface area (Å²) in [7, 11) is 0. The zero-order valence-electron chi connectivity index (χ0n) is 18.1. The number of ether oxygens (including phenoxy) is 1. The molecule has 34 heavy (non-hydrogen) atoms. The smallest absolute Gasteiger partial charge is 0.327 e. The second-order valence-corrected chi connectivity index (χ2v) is 8.77. The third-order valence-corrected chi connectivity index (χ3v) is 6.38. The minimum atomic E-state index is -0.290. The van der Waals surface area contributed by atoms with Gasteiger partial charge in [-0.15, -0.1) is 0 Å². The largest absolute Gasteiger partial charge is 0.439 e. The van der Waals surface area contributed by atoms with Crippen molar-refractivity contribution in [3.8, 4) is 11.6 Å². The van der Waals surface area contributed by atoms with E-state index in [0.29, 0.717) is 51.5 Å². The number of rotatable bonds is 5. The molecule has 1 aliphatic rings. The van der Waals surface area contributed by atoms with Gasteiger partial charge in [-0.1, -0.05) is 29.3 Å². The van der Waals surface area contributed by atoms with Crippen molar-refractivity contribution in [1.82, 2.24) is 24.8 Å². The fourth-order valence-electron chi connectivity index (χ4n) is 3.87. The Labute approximate surface area is 205 Å². The predicted octanol–water partition coefficient (Wildman–Crippen LogP) is 3.92. The molecule has 1 aliphatic heterocycles. The Kier molecular flexibility index (Phi) is 6.28. The molecule has 4 aromatic rings. The van der Waals surface area contributed by atoms with E-state index < -0.39 is 0 Å². The van der Waals surface area contributed by atoms with Crippen molar-refractivity contribution in [3.63, 3.8) is 0 Å².